The molecule has 26 heavy (non-hydrogen) atoms. The summed E-state index contributed by atoms with van der Waals surface area (Å²) >= 11 is 6.02. The molecule has 1 saturated heterocycles. The lowest BCUT2D eigenvalue weighted by Crippen LogP contribution is -2.30. The van der Waals surface area contributed by atoms with E-state index < -0.39 is 17.7 Å². The number of halogens is 1. The highest BCUT2D eigenvalue weighted by Gasteiger charge is 2.46. The van der Waals surface area contributed by atoms with Gasteiger partial charge in [-0.15, -0.1) is 0 Å². The van der Waals surface area contributed by atoms with E-state index in [1.165, 1.54) is 0 Å². The van der Waals surface area contributed by atoms with Crippen LogP contribution in [0.1, 0.15) is 36.1 Å². The standard InChI is InChI=1S/C21H20ClNO3/c1-3-11-23-18(16-10-5-4-7-13(16)2)17(20(25)21(23)26)19(24)14-8-6-9-15(22)12-14/h4-10,12,18,24H,3,11H2,1-2H3/b19-17+. The molecule has 134 valence electrons. The topological polar surface area (TPSA) is 57.6 Å². The Kier molecular flexibility index (Phi) is 5.14. The lowest BCUT2D eigenvalue weighted by molar-refractivity contribution is -0.139. The molecule has 4 nitrogen and oxygen atoms in total. The van der Waals surface area contributed by atoms with Gasteiger partial charge in [0.05, 0.1) is 11.6 Å². The number of amides is 1. The van der Waals surface area contributed by atoms with Crippen molar-refractivity contribution in [2.75, 3.05) is 6.54 Å². The van der Waals surface area contributed by atoms with E-state index >= 15 is 0 Å². The maximum absolute atomic E-state index is 12.7. The summed E-state index contributed by atoms with van der Waals surface area (Å²) < 4.78 is 0. The molecular weight excluding hydrogens is 350 g/mol. The molecule has 1 amide bonds. The first kappa shape index (κ1) is 18.2. The number of aliphatic hydroxyl groups excluding tert-OH is 1. The van der Waals surface area contributed by atoms with Crippen LogP contribution in [0.4, 0.5) is 0 Å². The van der Waals surface area contributed by atoms with Crippen LogP contribution in [0.15, 0.2) is 54.1 Å². The zero-order valence-corrected chi connectivity index (χ0v) is 15.5. The molecule has 2 aromatic carbocycles. The third-order valence-corrected chi connectivity index (χ3v) is 4.82. The molecule has 0 saturated carbocycles. The number of Topliss-reactive ketones (excluding diaryl/α,β-unsaturated/α-hetero) is 1. The summed E-state index contributed by atoms with van der Waals surface area (Å²) in [6.07, 6.45) is 0.715. The van der Waals surface area contributed by atoms with Crippen molar-refractivity contribution >= 4 is 29.1 Å². The molecule has 1 aliphatic rings. The number of nitrogens with zero attached hydrogens (tertiary/aromatic N) is 1. The van der Waals surface area contributed by atoms with Gasteiger partial charge in [-0.3, -0.25) is 9.59 Å². The van der Waals surface area contributed by atoms with Crippen molar-refractivity contribution in [3.8, 4) is 0 Å². The minimum absolute atomic E-state index is 0.111. The van der Waals surface area contributed by atoms with Gasteiger partial charge in [0.15, 0.2) is 0 Å². The SMILES string of the molecule is CCCN1C(=O)C(=O)/C(=C(/O)c2cccc(Cl)c2)C1c1ccccc1C. The molecule has 1 fully saturated rings. The number of carbonyl (C=O) groups excluding carboxylic acids is 2. The molecule has 0 bridgehead atoms. The van der Waals surface area contributed by atoms with Gasteiger partial charge in [0.1, 0.15) is 5.76 Å². The molecule has 1 heterocycles. The number of rotatable bonds is 4. The predicted octanol–water partition coefficient (Wildman–Crippen LogP) is 4.48. The second-order valence-electron chi connectivity index (χ2n) is 6.36. The third kappa shape index (κ3) is 3.13. The van der Waals surface area contributed by atoms with Gasteiger partial charge >= 0.3 is 0 Å². The largest absolute Gasteiger partial charge is 0.507 e. The number of ketones is 1. The van der Waals surface area contributed by atoms with Gasteiger partial charge in [0, 0.05) is 17.1 Å². The van der Waals surface area contributed by atoms with Crippen molar-refractivity contribution in [2.24, 2.45) is 0 Å². The fourth-order valence-electron chi connectivity index (χ4n) is 3.36. The van der Waals surface area contributed by atoms with Gasteiger partial charge in [-0.25, -0.2) is 0 Å². The van der Waals surface area contributed by atoms with Crippen LogP contribution in [0.5, 0.6) is 0 Å². The van der Waals surface area contributed by atoms with Gasteiger partial charge in [-0.2, -0.15) is 0 Å². The average molecular weight is 370 g/mol. The summed E-state index contributed by atoms with van der Waals surface area (Å²) in [5.74, 6) is -1.44. The molecule has 1 atom stereocenters. The Morgan fingerprint density at radius 3 is 2.54 bits per heavy atom. The zero-order valence-electron chi connectivity index (χ0n) is 14.7. The fraction of sp³-hybridized carbons (Fsp3) is 0.238. The molecule has 1 unspecified atom stereocenters. The smallest absolute Gasteiger partial charge is 0.295 e. The summed E-state index contributed by atoms with van der Waals surface area (Å²) in [5.41, 5.74) is 2.33. The molecule has 0 spiro atoms. The summed E-state index contributed by atoms with van der Waals surface area (Å²) in [6, 6.07) is 13.6. The maximum Gasteiger partial charge on any atom is 0.295 e. The highest BCUT2D eigenvalue weighted by Crippen LogP contribution is 2.40. The second-order valence-corrected chi connectivity index (χ2v) is 6.80. The van der Waals surface area contributed by atoms with E-state index in [1.54, 1.807) is 29.2 Å². The minimum atomic E-state index is -0.663. The summed E-state index contributed by atoms with van der Waals surface area (Å²) in [5, 5.41) is 11.3. The first-order valence-electron chi connectivity index (χ1n) is 8.55. The fourth-order valence-corrected chi connectivity index (χ4v) is 3.55. The van der Waals surface area contributed by atoms with Gasteiger partial charge in [0.25, 0.3) is 11.7 Å². The number of aliphatic hydroxyl groups is 1. The van der Waals surface area contributed by atoms with Crippen molar-refractivity contribution < 1.29 is 14.7 Å². The number of likely N-dealkylation sites (tertiary alicyclic amines) is 1. The molecule has 0 radical (unpaired) electrons. The Labute approximate surface area is 157 Å². The summed E-state index contributed by atoms with van der Waals surface area (Å²) in [6.45, 7) is 4.32. The molecule has 0 aromatic heterocycles. The molecular formula is C21H20ClNO3. The predicted molar refractivity (Wildman–Crippen MR) is 102 cm³/mol. The highest BCUT2D eigenvalue weighted by atomic mass is 35.5. The Balaban J connectivity index is 2.23. The number of hydrogen-bond donors (Lipinski definition) is 1. The molecule has 2 aromatic rings. The summed E-state index contributed by atoms with van der Waals surface area (Å²) in [4.78, 5) is 26.9. The Hall–Kier alpha value is -2.59. The number of aryl methyl sites for hydroxylation is 1. The number of benzene rings is 2. The minimum Gasteiger partial charge on any atom is -0.507 e. The Bertz CT molecular complexity index is 904. The van der Waals surface area contributed by atoms with E-state index in [4.69, 9.17) is 11.6 Å². The zero-order chi connectivity index (χ0) is 18.8. The van der Waals surface area contributed by atoms with Crippen molar-refractivity contribution in [2.45, 2.75) is 26.3 Å². The molecule has 5 heteroatoms. The van der Waals surface area contributed by atoms with E-state index in [2.05, 4.69) is 0 Å². The highest BCUT2D eigenvalue weighted by molar-refractivity contribution is 6.46. The van der Waals surface area contributed by atoms with Gasteiger partial charge < -0.3 is 10.0 Å². The van der Waals surface area contributed by atoms with E-state index in [0.29, 0.717) is 23.6 Å². The van der Waals surface area contributed by atoms with Crippen LogP contribution < -0.4 is 0 Å². The molecule has 1 aliphatic heterocycles. The average Bonchev–Trinajstić information content (AvgIpc) is 2.87. The van der Waals surface area contributed by atoms with Crippen molar-refractivity contribution in [3.63, 3.8) is 0 Å². The number of hydrogen-bond acceptors (Lipinski definition) is 3. The van der Waals surface area contributed by atoms with Gasteiger partial charge in [-0.05, 0) is 36.6 Å². The van der Waals surface area contributed by atoms with Crippen LogP contribution in [0.2, 0.25) is 5.02 Å². The van der Waals surface area contributed by atoms with Gasteiger partial charge in [0.2, 0.25) is 0 Å². The van der Waals surface area contributed by atoms with E-state index in [-0.39, 0.29) is 11.3 Å². The number of carbonyl (C=O) groups is 2. The second kappa shape index (κ2) is 7.34. The monoisotopic (exact) mass is 369 g/mol. The van der Waals surface area contributed by atoms with Crippen LogP contribution >= 0.6 is 11.6 Å². The van der Waals surface area contributed by atoms with E-state index in [1.807, 2.05) is 38.1 Å². The van der Waals surface area contributed by atoms with Crippen LogP contribution in [-0.4, -0.2) is 28.2 Å². The van der Waals surface area contributed by atoms with Crippen LogP contribution in [-0.2, 0) is 9.59 Å². The Morgan fingerprint density at radius 1 is 1.15 bits per heavy atom. The van der Waals surface area contributed by atoms with Crippen LogP contribution in [0.3, 0.4) is 0 Å². The maximum atomic E-state index is 12.7. The molecule has 1 N–H and O–H groups in total. The lowest BCUT2D eigenvalue weighted by Gasteiger charge is -2.26. The first-order chi connectivity index (χ1) is 12.5. The van der Waals surface area contributed by atoms with E-state index in [9.17, 15) is 14.7 Å². The Morgan fingerprint density at radius 2 is 1.88 bits per heavy atom. The van der Waals surface area contributed by atoms with Gasteiger partial charge in [-0.1, -0.05) is 54.9 Å². The lowest BCUT2D eigenvalue weighted by atomic mass is 9.92. The molecule has 0 aliphatic carbocycles. The van der Waals surface area contributed by atoms with Crippen LogP contribution in [0.25, 0.3) is 5.76 Å². The normalized spacial score (nSPS) is 19.2. The first-order valence-corrected chi connectivity index (χ1v) is 8.93. The van der Waals surface area contributed by atoms with E-state index in [0.717, 1.165) is 11.1 Å². The molecule has 3 rings (SSSR count). The van der Waals surface area contributed by atoms with Crippen molar-refractivity contribution in [1.82, 2.24) is 4.90 Å². The third-order valence-electron chi connectivity index (χ3n) is 4.59. The summed E-state index contributed by atoms with van der Waals surface area (Å²) in [7, 11) is 0. The van der Waals surface area contributed by atoms with Crippen LogP contribution in [0, 0.1) is 6.92 Å². The van der Waals surface area contributed by atoms with Crippen molar-refractivity contribution in [3.05, 3.63) is 75.8 Å². The quantitative estimate of drug-likeness (QED) is 0.491. The van der Waals surface area contributed by atoms with Crippen molar-refractivity contribution in [1.29, 1.82) is 0 Å².